The van der Waals surface area contributed by atoms with Gasteiger partial charge < -0.3 is 21.1 Å². The number of hydrogen-bond donors (Lipinski definition) is 3. The van der Waals surface area contributed by atoms with Gasteiger partial charge in [0, 0.05) is 13.1 Å². The third-order valence-electron chi connectivity index (χ3n) is 2.36. The Kier molecular flexibility index (Phi) is 6.69. The number of aliphatic carboxylic acids is 1. The zero-order valence-electron chi connectivity index (χ0n) is 10.1. The lowest BCUT2D eigenvalue weighted by Gasteiger charge is -2.20. The molecule has 98 valence electrons. The quantitative estimate of drug-likeness (QED) is 0.567. The van der Waals surface area contributed by atoms with Gasteiger partial charge in [-0.3, -0.25) is 9.59 Å². The van der Waals surface area contributed by atoms with Gasteiger partial charge in [-0.1, -0.05) is 6.92 Å². The van der Waals surface area contributed by atoms with E-state index < -0.39 is 23.8 Å². The van der Waals surface area contributed by atoms with Crippen molar-refractivity contribution >= 4 is 17.9 Å². The predicted molar refractivity (Wildman–Crippen MR) is 61.3 cm³/mol. The molecule has 0 saturated heterocycles. The molecule has 0 spiro atoms. The van der Waals surface area contributed by atoms with Crippen LogP contribution in [-0.4, -0.2) is 47.5 Å². The molecule has 7 heteroatoms. The van der Waals surface area contributed by atoms with Crippen LogP contribution in [0.15, 0.2) is 0 Å². The first-order valence-corrected chi connectivity index (χ1v) is 5.46. The summed E-state index contributed by atoms with van der Waals surface area (Å²) in [5.74, 6) is -2.18. The summed E-state index contributed by atoms with van der Waals surface area (Å²) in [5, 5.41) is 11.3. The van der Waals surface area contributed by atoms with Gasteiger partial charge in [0.15, 0.2) is 0 Å². The number of hydrogen-bond acceptors (Lipinski definition) is 3. The van der Waals surface area contributed by atoms with Crippen LogP contribution in [0.4, 0.5) is 4.79 Å². The molecule has 0 bridgehead atoms. The van der Waals surface area contributed by atoms with E-state index in [-0.39, 0.29) is 13.1 Å². The average molecular weight is 245 g/mol. The number of carbonyl (C=O) groups is 3. The fourth-order valence-corrected chi connectivity index (χ4v) is 1.24. The van der Waals surface area contributed by atoms with Crippen LogP contribution >= 0.6 is 0 Å². The SMILES string of the molecule is CCC(CNC(=O)N(CC)CC(N)=O)C(=O)O. The molecule has 0 aliphatic carbocycles. The minimum atomic E-state index is -0.953. The second-order valence-corrected chi connectivity index (χ2v) is 3.61. The summed E-state index contributed by atoms with van der Waals surface area (Å²) in [7, 11) is 0. The monoisotopic (exact) mass is 245 g/mol. The zero-order chi connectivity index (χ0) is 13.4. The van der Waals surface area contributed by atoms with E-state index in [2.05, 4.69) is 5.32 Å². The van der Waals surface area contributed by atoms with Crippen molar-refractivity contribution in [2.24, 2.45) is 11.7 Å². The highest BCUT2D eigenvalue weighted by Gasteiger charge is 2.18. The molecule has 0 heterocycles. The van der Waals surface area contributed by atoms with Crippen molar-refractivity contribution in [2.75, 3.05) is 19.6 Å². The lowest BCUT2D eigenvalue weighted by atomic mass is 10.1. The van der Waals surface area contributed by atoms with Crippen molar-refractivity contribution in [3.8, 4) is 0 Å². The highest BCUT2D eigenvalue weighted by Crippen LogP contribution is 2.01. The number of primary amides is 1. The van der Waals surface area contributed by atoms with Gasteiger partial charge in [-0.05, 0) is 13.3 Å². The van der Waals surface area contributed by atoms with Gasteiger partial charge in [0.1, 0.15) is 6.54 Å². The van der Waals surface area contributed by atoms with Crippen LogP contribution in [0.5, 0.6) is 0 Å². The molecule has 7 nitrogen and oxygen atoms in total. The smallest absolute Gasteiger partial charge is 0.317 e. The van der Waals surface area contributed by atoms with Crippen LogP contribution < -0.4 is 11.1 Å². The summed E-state index contributed by atoms with van der Waals surface area (Å²) >= 11 is 0. The molecule has 0 aromatic heterocycles. The number of carbonyl (C=O) groups excluding carboxylic acids is 2. The Morgan fingerprint density at radius 2 is 1.94 bits per heavy atom. The molecule has 0 aliphatic heterocycles. The van der Waals surface area contributed by atoms with Crippen molar-refractivity contribution in [2.45, 2.75) is 20.3 Å². The van der Waals surface area contributed by atoms with E-state index in [9.17, 15) is 14.4 Å². The Balaban J connectivity index is 4.22. The molecule has 3 amide bonds. The Morgan fingerprint density at radius 3 is 2.29 bits per heavy atom. The minimum Gasteiger partial charge on any atom is -0.481 e. The first-order valence-electron chi connectivity index (χ1n) is 5.46. The van der Waals surface area contributed by atoms with Gasteiger partial charge in [-0.15, -0.1) is 0 Å². The molecular formula is C10H19N3O4. The molecule has 0 rings (SSSR count). The fraction of sp³-hybridized carbons (Fsp3) is 0.700. The van der Waals surface area contributed by atoms with E-state index in [1.807, 2.05) is 0 Å². The third-order valence-corrected chi connectivity index (χ3v) is 2.36. The largest absolute Gasteiger partial charge is 0.481 e. The Hall–Kier alpha value is -1.79. The number of urea groups is 1. The molecule has 1 atom stereocenters. The maximum absolute atomic E-state index is 11.6. The molecule has 17 heavy (non-hydrogen) atoms. The van der Waals surface area contributed by atoms with Gasteiger partial charge in [0.05, 0.1) is 5.92 Å². The molecule has 0 saturated carbocycles. The van der Waals surface area contributed by atoms with Gasteiger partial charge in [0.2, 0.25) is 5.91 Å². The molecule has 0 fully saturated rings. The van der Waals surface area contributed by atoms with Crippen molar-refractivity contribution in [1.82, 2.24) is 10.2 Å². The Labute approximate surface area is 100.0 Å². The highest BCUT2D eigenvalue weighted by molar-refractivity contribution is 5.83. The zero-order valence-corrected chi connectivity index (χ0v) is 10.1. The van der Waals surface area contributed by atoms with E-state index in [1.165, 1.54) is 4.90 Å². The minimum absolute atomic E-state index is 0.0416. The number of likely N-dealkylation sites (N-methyl/N-ethyl adjacent to an activating group) is 1. The van der Waals surface area contributed by atoms with E-state index in [0.29, 0.717) is 13.0 Å². The van der Waals surface area contributed by atoms with Crippen LogP contribution in [0.3, 0.4) is 0 Å². The molecule has 0 radical (unpaired) electrons. The normalized spacial score (nSPS) is 11.6. The van der Waals surface area contributed by atoms with Crippen molar-refractivity contribution in [3.63, 3.8) is 0 Å². The number of carboxylic acids is 1. The fourth-order valence-electron chi connectivity index (χ4n) is 1.24. The summed E-state index contributed by atoms with van der Waals surface area (Å²) < 4.78 is 0. The predicted octanol–water partition coefficient (Wildman–Crippen LogP) is -0.386. The molecule has 0 aliphatic rings. The van der Waals surface area contributed by atoms with E-state index in [0.717, 1.165) is 0 Å². The van der Waals surface area contributed by atoms with E-state index >= 15 is 0 Å². The maximum atomic E-state index is 11.6. The number of rotatable bonds is 7. The van der Waals surface area contributed by atoms with Crippen LogP contribution in [0, 0.1) is 5.92 Å². The number of nitrogens with two attached hydrogens (primary N) is 1. The van der Waals surface area contributed by atoms with Gasteiger partial charge in [-0.2, -0.15) is 0 Å². The summed E-state index contributed by atoms with van der Waals surface area (Å²) in [6.07, 6.45) is 0.428. The molecular weight excluding hydrogens is 226 g/mol. The summed E-state index contributed by atoms with van der Waals surface area (Å²) in [5.41, 5.74) is 4.98. The second kappa shape index (κ2) is 7.48. The second-order valence-electron chi connectivity index (χ2n) is 3.61. The summed E-state index contributed by atoms with van der Waals surface area (Å²) in [4.78, 5) is 34.2. The van der Waals surface area contributed by atoms with Crippen LogP contribution in [-0.2, 0) is 9.59 Å². The maximum Gasteiger partial charge on any atom is 0.317 e. The van der Waals surface area contributed by atoms with Gasteiger partial charge in [-0.25, -0.2) is 4.79 Å². The van der Waals surface area contributed by atoms with Crippen LogP contribution in [0.1, 0.15) is 20.3 Å². The summed E-state index contributed by atoms with van der Waals surface area (Å²) in [6.45, 7) is 3.63. The molecule has 0 aromatic carbocycles. The molecule has 0 aromatic rings. The van der Waals surface area contributed by atoms with Gasteiger partial charge >= 0.3 is 12.0 Å². The van der Waals surface area contributed by atoms with Crippen LogP contribution in [0.25, 0.3) is 0 Å². The van der Waals surface area contributed by atoms with Gasteiger partial charge in [0.25, 0.3) is 0 Å². The standard InChI is InChI=1S/C10H19N3O4/c1-3-7(9(15)16)5-12-10(17)13(4-2)6-8(11)14/h7H,3-6H2,1-2H3,(H2,11,14)(H,12,17)(H,15,16). The van der Waals surface area contributed by atoms with E-state index in [1.54, 1.807) is 13.8 Å². The van der Waals surface area contributed by atoms with Crippen LogP contribution in [0.2, 0.25) is 0 Å². The average Bonchev–Trinajstić information content (AvgIpc) is 2.25. The van der Waals surface area contributed by atoms with Crippen molar-refractivity contribution in [3.05, 3.63) is 0 Å². The summed E-state index contributed by atoms with van der Waals surface area (Å²) in [6, 6.07) is -0.481. The first kappa shape index (κ1) is 15.2. The Morgan fingerprint density at radius 1 is 1.35 bits per heavy atom. The topological polar surface area (TPSA) is 113 Å². The molecule has 1 unspecified atom stereocenters. The number of carboxylic acid groups (broad SMARTS) is 1. The number of amides is 3. The van der Waals surface area contributed by atoms with E-state index in [4.69, 9.17) is 10.8 Å². The third kappa shape index (κ3) is 5.74. The Bertz CT molecular complexity index is 293. The van der Waals surface area contributed by atoms with Crippen molar-refractivity contribution in [1.29, 1.82) is 0 Å². The highest BCUT2D eigenvalue weighted by atomic mass is 16.4. The molecule has 4 N–H and O–H groups in total. The number of nitrogens with one attached hydrogen (secondary N) is 1. The lowest BCUT2D eigenvalue weighted by molar-refractivity contribution is -0.141. The lowest BCUT2D eigenvalue weighted by Crippen LogP contribution is -2.46. The first-order chi connectivity index (χ1) is 7.92. The van der Waals surface area contributed by atoms with Crippen molar-refractivity contribution < 1.29 is 19.5 Å². The number of nitrogens with zero attached hydrogens (tertiary/aromatic N) is 1.